The normalized spacial score (nSPS) is 12.8. The Bertz CT molecular complexity index is 944. The van der Waals surface area contributed by atoms with Gasteiger partial charge in [0.05, 0.1) is 11.1 Å². The quantitative estimate of drug-likeness (QED) is 0.560. The third-order valence-corrected chi connectivity index (χ3v) is 4.03. The molecule has 2 aromatic rings. The maximum absolute atomic E-state index is 12.9. The highest BCUT2D eigenvalue weighted by atomic mass is 19.4. The number of benzene rings is 2. The Balaban J connectivity index is 2.41. The molecule has 0 aliphatic heterocycles. The fraction of sp³-hybridized carbons (Fsp3) is 0.318. The van der Waals surface area contributed by atoms with E-state index in [-0.39, 0.29) is 22.5 Å². The van der Waals surface area contributed by atoms with Crippen molar-refractivity contribution in [1.82, 2.24) is 5.32 Å². The van der Waals surface area contributed by atoms with E-state index in [1.165, 1.54) is 25.1 Å². The second-order valence-electron chi connectivity index (χ2n) is 7.75. The van der Waals surface area contributed by atoms with Crippen molar-refractivity contribution in [2.24, 2.45) is 0 Å². The van der Waals surface area contributed by atoms with Gasteiger partial charge in [-0.25, -0.2) is 4.79 Å². The van der Waals surface area contributed by atoms with Crippen molar-refractivity contribution in [3.8, 4) is 0 Å². The predicted molar refractivity (Wildman–Crippen MR) is 104 cm³/mol. The summed E-state index contributed by atoms with van der Waals surface area (Å²) < 4.78 is 43.9. The van der Waals surface area contributed by atoms with Crippen LogP contribution in [0.15, 0.2) is 48.5 Å². The Morgan fingerprint density at radius 3 is 1.90 bits per heavy atom. The summed E-state index contributed by atoms with van der Waals surface area (Å²) in [6.45, 7) is 6.41. The first-order valence-corrected chi connectivity index (χ1v) is 9.10. The maximum Gasteiger partial charge on any atom is 0.416 e. The van der Waals surface area contributed by atoms with Gasteiger partial charge < -0.3 is 10.1 Å². The number of hydrogen-bond acceptors (Lipinski definition) is 4. The molecule has 2 aromatic carbocycles. The standard InChI is InChI=1S/C22H22F3NO4/c1-13(27)16-7-5-6-8-17(16)20(29)30-18(19(28)26-21(2,3)4)14-9-11-15(12-10-14)22(23,24)25/h5-12,18H,1-4H3,(H,26,28). The fourth-order valence-electron chi connectivity index (χ4n) is 2.69. The Kier molecular flexibility index (Phi) is 6.70. The van der Waals surface area contributed by atoms with Crippen LogP contribution in [0.3, 0.4) is 0 Å². The van der Waals surface area contributed by atoms with Gasteiger partial charge >= 0.3 is 12.1 Å². The minimum Gasteiger partial charge on any atom is -0.444 e. The zero-order valence-corrected chi connectivity index (χ0v) is 17.0. The van der Waals surface area contributed by atoms with Gasteiger partial charge in [-0.3, -0.25) is 9.59 Å². The number of halogens is 3. The summed E-state index contributed by atoms with van der Waals surface area (Å²) in [5, 5.41) is 2.65. The van der Waals surface area contributed by atoms with Gasteiger partial charge in [0.2, 0.25) is 6.10 Å². The zero-order valence-electron chi connectivity index (χ0n) is 17.0. The maximum atomic E-state index is 12.9. The Labute approximate surface area is 172 Å². The van der Waals surface area contributed by atoms with E-state index < -0.39 is 35.3 Å². The van der Waals surface area contributed by atoms with Crippen molar-refractivity contribution in [3.63, 3.8) is 0 Å². The molecule has 1 N–H and O–H groups in total. The van der Waals surface area contributed by atoms with Crippen molar-refractivity contribution in [2.75, 3.05) is 0 Å². The number of nitrogens with one attached hydrogen (secondary N) is 1. The minimum absolute atomic E-state index is 0.0366. The number of rotatable bonds is 5. The molecule has 0 saturated carbocycles. The lowest BCUT2D eigenvalue weighted by Gasteiger charge is -2.25. The number of carbonyl (C=O) groups is 3. The summed E-state index contributed by atoms with van der Waals surface area (Å²) >= 11 is 0. The Hall–Kier alpha value is -3.16. The lowest BCUT2D eigenvalue weighted by Crippen LogP contribution is -2.44. The number of esters is 1. The first-order chi connectivity index (χ1) is 13.8. The molecule has 0 radical (unpaired) electrons. The lowest BCUT2D eigenvalue weighted by molar-refractivity contribution is -0.137. The van der Waals surface area contributed by atoms with Crippen LogP contribution < -0.4 is 5.32 Å². The number of hydrogen-bond donors (Lipinski definition) is 1. The van der Waals surface area contributed by atoms with Crippen LogP contribution in [0.5, 0.6) is 0 Å². The summed E-state index contributed by atoms with van der Waals surface area (Å²) in [6.07, 6.45) is -6.04. The van der Waals surface area contributed by atoms with E-state index in [1.54, 1.807) is 26.8 Å². The summed E-state index contributed by atoms with van der Waals surface area (Å²) in [6, 6.07) is 9.72. The van der Waals surface area contributed by atoms with Crippen molar-refractivity contribution in [1.29, 1.82) is 0 Å². The van der Waals surface area contributed by atoms with E-state index >= 15 is 0 Å². The molecule has 0 aliphatic carbocycles. The van der Waals surface area contributed by atoms with Gasteiger partial charge in [-0.15, -0.1) is 0 Å². The number of ketones is 1. The monoisotopic (exact) mass is 421 g/mol. The zero-order chi connectivity index (χ0) is 22.7. The Morgan fingerprint density at radius 2 is 1.43 bits per heavy atom. The molecule has 0 bridgehead atoms. The molecule has 8 heteroatoms. The van der Waals surface area contributed by atoms with Crippen molar-refractivity contribution in [3.05, 3.63) is 70.8 Å². The highest BCUT2D eigenvalue weighted by molar-refractivity contribution is 6.05. The van der Waals surface area contributed by atoms with Crippen LogP contribution in [0.1, 0.15) is 65.6 Å². The first kappa shape index (κ1) is 23.1. The second kappa shape index (κ2) is 8.69. The average molecular weight is 421 g/mol. The molecule has 30 heavy (non-hydrogen) atoms. The average Bonchev–Trinajstić information content (AvgIpc) is 2.63. The van der Waals surface area contributed by atoms with Crippen LogP contribution in [0.25, 0.3) is 0 Å². The third-order valence-electron chi connectivity index (χ3n) is 4.03. The molecule has 1 atom stereocenters. The van der Waals surface area contributed by atoms with Crippen LogP contribution in [-0.4, -0.2) is 23.2 Å². The lowest BCUT2D eigenvalue weighted by atomic mass is 10.0. The van der Waals surface area contributed by atoms with Gasteiger partial charge in [-0.1, -0.05) is 30.3 Å². The van der Waals surface area contributed by atoms with Gasteiger partial charge in [0.15, 0.2) is 5.78 Å². The highest BCUT2D eigenvalue weighted by Gasteiger charge is 2.33. The first-order valence-electron chi connectivity index (χ1n) is 9.10. The number of alkyl halides is 3. The molecule has 160 valence electrons. The van der Waals surface area contributed by atoms with Gasteiger partial charge in [0, 0.05) is 16.7 Å². The number of amides is 1. The molecule has 0 fully saturated rings. The van der Waals surface area contributed by atoms with Crippen molar-refractivity contribution < 1.29 is 32.3 Å². The SMILES string of the molecule is CC(=O)c1ccccc1C(=O)OC(C(=O)NC(C)(C)C)c1ccc(C(F)(F)F)cc1. The molecule has 0 heterocycles. The second-order valence-corrected chi connectivity index (χ2v) is 7.75. The topological polar surface area (TPSA) is 72.5 Å². The summed E-state index contributed by atoms with van der Waals surface area (Å²) in [5.74, 6) is -2.00. The summed E-state index contributed by atoms with van der Waals surface area (Å²) in [4.78, 5) is 37.3. The van der Waals surface area contributed by atoms with E-state index in [0.29, 0.717) is 0 Å². The molecular formula is C22H22F3NO4. The van der Waals surface area contributed by atoms with Gasteiger partial charge in [0.25, 0.3) is 5.91 Å². The Morgan fingerprint density at radius 1 is 0.900 bits per heavy atom. The minimum atomic E-state index is -4.54. The molecule has 0 saturated heterocycles. The third kappa shape index (κ3) is 5.92. The number of Topliss-reactive ketones (excluding diaryl/α,β-unsaturated/α-hetero) is 1. The molecule has 2 rings (SSSR count). The molecule has 0 spiro atoms. The van der Waals surface area contributed by atoms with E-state index in [2.05, 4.69) is 5.32 Å². The number of ether oxygens (including phenoxy) is 1. The number of carbonyl (C=O) groups excluding carboxylic acids is 3. The van der Waals surface area contributed by atoms with Crippen molar-refractivity contribution >= 4 is 17.7 Å². The molecule has 0 aromatic heterocycles. The highest BCUT2D eigenvalue weighted by Crippen LogP contribution is 2.31. The molecule has 5 nitrogen and oxygen atoms in total. The van der Waals surface area contributed by atoms with Gasteiger partial charge in [-0.2, -0.15) is 13.2 Å². The fourth-order valence-corrected chi connectivity index (χ4v) is 2.69. The van der Waals surface area contributed by atoms with Crippen LogP contribution in [0, 0.1) is 0 Å². The largest absolute Gasteiger partial charge is 0.444 e. The van der Waals surface area contributed by atoms with Gasteiger partial charge in [0.1, 0.15) is 0 Å². The van der Waals surface area contributed by atoms with Crippen LogP contribution in [0.2, 0.25) is 0 Å². The van der Waals surface area contributed by atoms with E-state index in [0.717, 1.165) is 24.3 Å². The van der Waals surface area contributed by atoms with Crippen LogP contribution in [-0.2, 0) is 15.7 Å². The summed E-state index contributed by atoms with van der Waals surface area (Å²) in [5.41, 5.74) is -1.42. The molecular weight excluding hydrogens is 399 g/mol. The molecule has 1 amide bonds. The van der Waals surface area contributed by atoms with Crippen LogP contribution in [0.4, 0.5) is 13.2 Å². The predicted octanol–water partition coefficient (Wildman–Crippen LogP) is 4.72. The van der Waals surface area contributed by atoms with Crippen molar-refractivity contribution in [2.45, 2.75) is 45.5 Å². The smallest absolute Gasteiger partial charge is 0.416 e. The van der Waals surface area contributed by atoms with E-state index in [4.69, 9.17) is 4.74 Å². The summed E-state index contributed by atoms with van der Waals surface area (Å²) in [7, 11) is 0. The van der Waals surface area contributed by atoms with E-state index in [1.807, 2.05) is 0 Å². The molecule has 1 unspecified atom stereocenters. The van der Waals surface area contributed by atoms with Crippen LogP contribution >= 0.6 is 0 Å². The molecule has 0 aliphatic rings. The van der Waals surface area contributed by atoms with E-state index in [9.17, 15) is 27.6 Å². The van der Waals surface area contributed by atoms with Gasteiger partial charge in [-0.05, 0) is 45.9 Å².